The van der Waals surface area contributed by atoms with Gasteiger partial charge in [-0.2, -0.15) is 0 Å². The summed E-state index contributed by atoms with van der Waals surface area (Å²) in [6.07, 6.45) is 4.30. The molecule has 0 radical (unpaired) electrons. The topological polar surface area (TPSA) is 35.6 Å². The standard InChI is InChI=1S/C13H25N3O/c1-15(2)12-5-7-16(10-12)13(17)8-11-4-3-6-14-9-11/h11-12,14H,3-10H2,1-2H3. The summed E-state index contributed by atoms with van der Waals surface area (Å²) in [4.78, 5) is 16.4. The fourth-order valence-corrected chi connectivity index (χ4v) is 2.86. The number of carbonyl (C=O) groups is 1. The SMILES string of the molecule is CN(C)C1CCN(C(=O)CC2CCCNC2)C1. The van der Waals surface area contributed by atoms with E-state index in [9.17, 15) is 4.79 Å². The number of hydrogen-bond donors (Lipinski definition) is 1. The van der Waals surface area contributed by atoms with E-state index in [1.807, 2.05) is 0 Å². The van der Waals surface area contributed by atoms with Gasteiger partial charge in [-0.25, -0.2) is 0 Å². The van der Waals surface area contributed by atoms with Gasteiger partial charge >= 0.3 is 0 Å². The van der Waals surface area contributed by atoms with Gasteiger partial charge < -0.3 is 15.1 Å². The van der Waals surface area contributed by atoms with Gasteiger partial charge in [-0.15, -0.1) is 0 Å². The van der Waals surface area contributed by atoms with Crippen LogP contribution >= 0.6 is 0 Å². The second-order valence-corrected chi connectivity index (χ2v) is 5.66. The predicted octanol–water partition coefficient (Wildman–Crippen LogP) is 0.539. The summed E-state index contributed by atoms with van der Waals surface area (Å²) in [6, 6.07) is 0.559. The van der Waals surface area contributed by atoms with E-state index in [2.05, 4.69) is 29.2 Å². The van der Waals surface area contributed by atoms with E-state index in [1.54, 1.807) is 0 Å². The Bertz CT molecular complexity index is 261. The summed E-state index contributed by atoms with van der Waals surface area (Å²) in [5.41, 5.74) is 0. The third kappa shape index (κ3) is 3.42. The van der Waals surface area contributed by atoms with Crippen LogP contribution in [0.5, 0.6) is 0 Å². The lowest BCUT2D eigenvalue weighted by Gasteiger charge is -2.25. The molecule has 2 saturated heterocycles. The first-order valence-electron chi connectivity index (χ1n) is 6.81. The molecular weight excluding hydrogens is 214 g/mol. The van der Waals surface area contributed by atoms with Gasteiger partial charge in [-0.1, -0.05) is 0 Å². The first-order chi connectivity index (χ1) is 8.16. The van der Waals surface area contributed by atoms with E-state index < -0.39 is 0 Å². The van der Waals surface area contributed by atoms with Crippen molar-refractivity contribution < 1.29 is 4.79 Å². The van der Waals surface area contributed by atoms with Gasteiger partial charge in [0, 0.05) is 25.6 Å². The zero-order valence-corrected chi connectivity index (χ0v) is 11.1. The second kappa shape index (κ2) is 5.83. The Hall–Kier alpha value is -0.610. The maximum absolute atomic E-state index is 12.2. The second-order valence-electron chi connectivity index (χ2n) is 5.66. The number of nitrogens with zero attached hydrogens (tertiary/aromatic N) is 2. The quantitative estimate of drug-likeness (QED) is 0.781. The summed E-state index contributed by atoms with van der Waals surface area (Å²) in [5.74, 6) is 0.928. The molecule has 0 aromatic rings. The number of piperidine rings is 1. The number of rotatable bonds is 3. The Morgan fingerprint density at radius 1 is 1.41 bits per heavy atom. The van der Waals surface area contributed by atoms with E-state index in [0.717, 1.165) is 39.0 Å². The minimum absolute atomic E-state index is 0.364. The van der Waals surface area contributed by atoms with E-state index in [0.29, 0.717) is 17.9 Å². The van der Waals surface area contributed by atoms with Crippen molar-refractivity contribution in [2.75, 3.05) is 40.3 Å². The molecule has 2 atom stereocenters. The fraction of sp³-hybridized carbons (Fsp3) is 0.923. The minimum Gasteiger partial charge on any atom is -0.341 e. The average Bonchev–Trinajstić information content (AvgIpc) is 2.79. The molecule has 2 aliphatic rings. The van der Waals surface area contributed by atoms with Gasteiger partial charge in [0.05, 0.1) is 0 Å². The molecule has 0 saturated carbocycles. The molecule has 2 rings (SSSR count). The van der Waals surface area contributed by atoms with Gasteiger partial charge in [0.2, 0.25) is 5.91 Å². The Kier molecular flexibility index (Phi) is 4.40. The Balaban J connectivity index is 1.76. The molecule has 0 spiro atoms. The largest absolute Gasteiger partial charge is 0.341 e. The highest BCUT2D eigenvalue weighted by molar-refractivity contribution is 5.76. The fourth-order valence-electron chi connectivity index (χ4n) is 2.86. The molecule has 4 heteroatoms. The van der Waals surface area contributed by atoms with Crippen LogP contribution in [0.2, 0.25) is 0 Å². The van der Waals surface area contributed by atoms with Crippen molar-refractivity contribution in [2.45, 2.75) is 31.7 Å². The van der Waals surface area contributed by atoms with Crippen LogP contribution in [0, 0.1) is 5.92 Å². The van der Waals surface area contributed by atoms with Crippen LogP contribution in [-0.2, 0) is 4.79 Å². The summed E-state index contributed by atoms with van der Waals surface area (Å²) >= 11 is 0. The van der Waals surface area contributed by atoms with Crippen molar-refractivity contribution in [2.24, 2.45) is 5.92 Å². The van der Waals surface area contributed by atoms with E-state index in [4.69, 9.17) is 0 Å². The van der Waals surface area contributed by atoms with Gasteiger partial charge in [-0.05, 0) is 52.4 Å². The number of likely N-dealkylation sites (tertiary alicyclic amines) is 1. The number of amides is 1. The molecule has 2 heterocycles. The molecule has 98 valence electrons. The van der Waals surface area contributed by atoms with Crippen molar-refractivity contribution in [3.05, 3.63) is 0 Å². The first-order valence-corrected chi connectivity index (χ1v) is 6.81. The van der Waals surface area contributed by atoms with Crippen molar-refractivity contribution >= 4 is 5.91 Å². The van der Waals surface area contributed by atoms with Crippen molar-refractivity contribution in [3.8, 4) is 0 Å². The Labute approximate surface area is 104 Å². The monoisotopic (exact) mass is 239 g/mol. The van der Waals surface area contributed by atoms with Crippen LogP contribution in [0.25, 0.3) is 0 Å². The number of carbonyl (C=O) groups excluding carboxylic acids is 1. The van der Waals surface area contributed by atoms with Crippen molar-refractivity contribution in [1.29, 1.82) is 0 Å². The van der Waals surface area contributed by atoms with Gasteiger partial charge in [-0.3, -0.25) is 4.79 Å². The average molecular weight is 239 g/mol. The number of nitrogens with one attached hydrogen (secondary N) is 1. The molecule has 0 aliphatic carbocycles. The van der Waals surface area contributed by atoms with E-state index in [-0.39, 0.29) is 0 Å². The molecule has 17 heavy (non-hydrogen) atoms. The zero-order chi connectivity index (χ0) is 12.3. The lowest BCUT2D eigenvalue weighted by Crippen LogP contribution is -2.37. The highest BCUT2D eigenvalue weighted by Crippen LogP contribution is 2.19. The molecule has 1 N–H and O–H groups in total. The smallest absolute Gasteiger partial charge is 0.222 e. The Morgan fingerprint density at radius 2 is 2.24 bits per heavy atom. The molecule has 1 amide bonds. The lowest BCUT2D eigenvalue weighted by molar-refractivity contribution is -0.131. The molecule has 2 fully saturated rings. The summed E-state index contributed by atoms with van der Waals surface area (Å²) in [7, 11) is 4.20. The van der Waals surface area contributed by atoms with Gasteiger partial charge in [0.15, 0.2) is 0 Å². The van der Waals surface area contributed by atoms with Crippen molar-refractivity contribution in [1.82, 2.24) is 15.1 Å². The third-order valence-corrected chi connectivity index (χ3v) is 4.11. The minimum atomic E-state index is 0.364. The van der Waals surface area contributed by atoms with Crippen LogP contribution < -0.4 is 5.32 Å². The molecule has 0 aromatic heterocycles. The Morgan fingerprint density at radius 3 is 2.82 bits per heavy atom. The predicted molar refractivity (Wildman–Crippen MR) is 68.9 cm³/mol. The highest BCUT2D eigenvalue weighted by atomic mass is 16.2. The maximum atomic E-state index is 12.2. The van der Waals surface area contributed by atoms with Crippen molar-refractivity contribution in [3.63, 3.8) is 0 Å². The first kappa shape index (κ1) is 12.8. The van der Waals surface area contributed by atoms with E-state index in [1.165, 1.54) is 12.8 Å². The molecule has 2 aliphatic heterocycles. The molecular formula is C13H25N3O. The molecule has 2 unspecified atom stereocenters. The summed E-state index contributed by atoms with van der Waals surface area (Å²) in [5, 5.41) is 3.38. The highest BCUT2D eigenvalue weighted by Gasteiger charge is 2.28. The molecule has 0 aromatic carbocycles. The molecule has 4 nitrogen and oxygen atoms in total. The van der Waals surface area contributed by atoms with Crippen LogP contribution in [0.4, 0.5) is 0 Å². The van der Waals surface area contributed by atoms with Crippen LogP contribution in [0.3, 0.4) is 0 Å². The van der Waals surface area contributed by atoms with E-state index >= 15 is 0 Å². The number of hydrogen-bond acceptors (Lipinski definition) is 3. The zero-order valence-electron chi connectivity index (χ0n) is 11.1. The lowest BCUT2D eigenvalue weighted by atomic mass is 9.96. The van der Waals surface area contributed by atoms with Gasteiger partial charge in [0.25, 0.3) is 0 Å². The normalized spacial score (nSPS) is 29.9. The molecule has 0 bridgehead atoms. The van der Waals surface area contributed by atoms with Crippen LogP contribution in [0.1, 0.15) is 25.7 Å². The third-order valence-electron chi connectivity index (χ3n) is 4.11. The van der Waals surface area contributed by atoms with Gasteiger partial charge in [0.1, 0.15) is 0 Å². The van der Waals surface area contributed by atoms with Crippen LogP contribution in [0.15, 0.2) is 0 Å². The summed E-state index contributed by atoms with van der Waals surface area (Å²) < 4.78 is 0. The maximum Gasteiger partial charge on any atom is 0.222 e. The summed E-state index contributed by atoms with van der Waals surface area (Å²) in [6.45, 7) is 4.02. The van der Waals surface area contributed by atoms with Crippen LogP contribution in [-0.4, -0.2) is 62.0 Å². The number of likely N-dealkylation sites (N-methyl/N-ethyl adjacent to an activating group) is 1.